The number of rotatable bonds is 3. The number of nitrogens with one attached hydrogen (secondary N) is 1. The van der Waals surface area contributed by atoms with Gasteiger partial charge in [-0.25, -0.2) is 5.32 Å². The number of hydrogen-bond acceptors (Lipinski definition) is 1. The first-order chi connectivity index (χ1) is 7.40. The third-order valence-corrected chi connectivity index (χ3v) is 2.88. The fourth-order valence-electron chi connectivity index (χ4n) is 2.02. The molecule has 1 N–H and O–H groups in total. The second-order valence-corrected chi connectivity index (χ2v) is 4.12. The van der Waals surface area contributed by atoms with Gasteiger partial charge in [0.15, 0.2) is 0 Å². The van der Waals surface area contributed by atoms with Crippen LogP contribution >= 0.6 is 0 Å². The average molecular weight is 203 g/mol. The van der Waals surface area contributed by atoms with Gasteiger partial charge in [0.2, 0.25) is 0 Å². The zero-order valence-corrected chi connectivity index (χ0v) is 9.37. The molecule has 0 aromatic heterocycles. The van der Waals surface area contributed by atoms with Gasteiger partial charge in [-0.3, -0.25) is 0 Å². The van der Waals surface area contributed by atoms with Gasteiger partial charge in [-0.15, -0.1) is 0 Å². The van der Waals surface area contributed by atoms with Crippen molar-refractivity contribution in [1.82, 2.24) is 10.6 Å². The number of piperazine rings is 1. The summed E-state index contributed by atoms with van der Waals surface area (Å²) >= 11 is 0. The summed E-state index contributed by atoms with van der Waals surface area (Å²) in [5.41, 5.74) is 2.78. The summed E-state index contributed by atoms with van der Waals surface area (Å²) in [6, 6.07) is 9.30. The third kappa shape index (κ3) is 2.80. The second-order valence-electron chi connectivity index (χ2n) is 4.12. The summed E-state index contributed by atoms with van der Waals surface area (Å²) in [5.74, 6) is 0. The Labute approximate surface area is 92.1 Å². The van der Waals surface area contributed by atoms with E-state index in [1.54, 1.807) is 0 Å². The summed E-state index contributed by atoms with van der Waals surface area (Å²) in [6.45, 7) is 5.19. The molecule has 2 rings (SSSR count). The van der Waals surface area contributed by atoms with E-state index < -0.39 is 0 Å². The molecule has 2 heteroatoms. The van der Waals surface area contributed by atoms with E-state index in [0.29, 0.717) is 6.04 Å². The monoisotopic (exact) mass is 203 g/mol. The molecule has 1 aromatic carbocycles. The van der Waals surface area contributed by atoms with E-state index in [9.17, 15) is 0 Å². The van der Waals surface area contributed by atoms with E-state index in [2.05, 4.69) is 41.8 Å². The predicted molar refractivity (Wildman–Crippen MR) is 63.0 cm³/mol. The Morgan fingerprint density at radius 1 is 1.33 bits per heavy atom. The zero-order valence-electron chi connectivity index (χ0n) is 9.37. The van der Waals surface area contributed by atoms with E-state index in [0.717, 1.165) is 19.6 Å². The molecule has 0 saturated carbocycles. The molecule has 1 fully saturated rings. The lowest BCUT2D eigenvalue weighted by Crippen LogP contribution is -2.38. The lowest BCUT2D eigenvalue weighted by atomic mass is 10.0. The molecule has 15 heavy (non-hydrogen) atoms. The Bertz CT molecular complexity index is 286. The van der Waals surface area contributed by atoms with Crippen LogP contribution in [0.15, 0.2) is 24.3 Å². The van der Waals surface area contributed by atoms with Crippen molar-refractivity contribution in [2.75, 3.05) is 19.6 Å². The van der Waals surface area contributed by atoms with Crippen molar-refractivity contribution in [3.8, 4) is 0 Å². The fourth-order valence-corrected chi connectivity index (χ4v) is 2.02. The molecule has 1 aliphatic heterocycles. The molecular formula is C13H19N2. The van der Waals surface area contributed by atoms with Crippen LogP contribution in [0.1, 0.15) is 30.5 Å². The summed E-state index contributed by atoms with van der Waals surface area (Å²) in [7, 11) is 0. The Morgan fingerprint density at radius 3 is 2.73 bits per heavy atom. The molecule has 0 aliphatic carbocycles. The minimum atomic E-state index is 0.370. The smallest absolute Gasteiger partial charge is 0.0620 e. The number of nitrogens with zero attached hydrogens (tertiary/aromatic N) is 1. The lowest BCUT2D eigenvalue weighted by Gasteiger charge is -2.23. The molecular weight excluding hydrogens is 184 g/mol. The van der Waals surface area contributed by atoms with Crippen LogP contribution in [0, 0.1) is 0 Å². The summed E-state index contributed by atoms with van der Waals surface area (Å²) in [6.07, 6.45) is 2.40. The van der Waals surface area contributed by atoms with Gasteiger partial charge in [0, 0.05) is 19.6 Å². The normalized spacial score (nSPS) is 21.5. The first kappa shape index (κ1) is 10.7. The van der Waals surface area contributed by atoms with Gasteiger partial charge in [0.05, 0.1) is 6.04 Å². The lowest BCUT2D eigenvalue weighted by molar-refractivity contribution is 0.421. The average Bonchev–Trinajstić information content (AvgIpc) is 2.32. The molecule has 1 radical (unpaired) electrons. The van der Waals surface area contributed by atoms with Crippen LogP contribution < -0.4 is 10.6 Å². The highest BCUT2D eigenvalue weighted by molar-refractivity contribution is 5.25. The first-order valence-electron chi connectivity index (χ1n) is 5.86. The summed E-state index contributed by atoms with van der Waals surface area (Å²) < 4.78 is 0. The molecule has 81 valence electrons. The molecule has 1 aliphatic rings. The van der Waals surface area contributed by atoms with Crippen LogP contribution in [-0.2, 0) is 6.42 Å². The predicted octanol–water partition coefficient (Wildman–Crippen LogP) is 1.89. The maximum absolute atomic E-state index is 4.61. The molecule has 1 aromatic rings. The standard InChI is InChI=1S/C13H19N2/c1-2-3-11-4-6-12(7-5-11)13-10-14-8-9-15-13/h4-7,13-14H,2-3,8-10H2,1H3. The number of benzene rings is 1. The van der Waals surface area contributed by atoms with Gasteiger partial charge in [-0.05, 0) is 17.5 Å². The highest BCUT2D eigenvalue weighted by atomic mass is 15.1. The van der Waals surface area contributed by atoms with Crippen molar-refractivity contribution in [3.05, 3.63) is 35.4 Å². The quantitative estimate of drug-likeness (QED) is 0.797. The van der Waals surface area contributed by atoms with Gasteiger partial charge in [0.1, 0.15) is 0 Å². The first-order valence-corrected chi connectivity index (χ1v) is 5.86. The topological polar surface area (TPSA) is 26.1 Å². The van der Waals surface area contributed by atoms with Crippen LogP contribution in [0.2, 0.25) is 0 Å². The Morgan fingerprint density at radius 2 is 2.13 bits per heavy atom. The largest absolute Gasteiger partial charge is 0.313 e. The minimum absolute atomic E-state index is 0.370. The molecule has 1 saturated heterocycles. The summed E-state index contributed by atoms with van der Waals surface area (Å²) in [5, 5.41) is 7.99. The van der Waals surface area contributed by atoms with Crippen LogP contribution in [0.25, 0.3) is 0 Å². The molecule has 0 amide bonds. The zero-order chi connectivity index (χ0) is 10.5. The Balaban J connectivity index is 2.02. The Kier molecular flexibility index (Phi) is 3.75. The van der Waals surface area contributed by atoms with Crippen molar-refractivity contribution in [1.29, 1.82) is 0 Å². The van der Waals surface area contributed by atoms with E-state index in [1.807, 2.05) is 0 Å². The van der Waals surface area contributed by atoms with Crippen molar-refractivity contribution < 1.29 is 0 Å². The maximum Gasteiger partial charge on any atom is 0.0620 e. The molecule has 0 bridgehead atoms. The third-order valence-electron chi connectivity index (χ3n) is 2.88. The molecule has 1 unspecified atom stereocenters. The van der Waals surface area contributed by atoms with Gasteiger partial charge >= 0.3 is 0 Å². The van der Waals surface area contributed by atoms with Gasteiger partial charge < -0.3 is 5.32 Å². The molecule has 1 atom stereocenters. The van der Waals surface area contributed by atoms with Crippen LogP contribution in [0.5, 0.6) is 0 Å². The van der Waals surface area contributed by atoms with E-state index in [4.69, 9.17) is 0 Å². The van der Waals surface area contributed by atoms with Crippen LogP contribution in [0.4, 0.5) is 0 Å². The molecule has 0 spiro atoms. The van der Waals surface area contributed by atoms with E-state index in [-0.39, 0.29) is 0 Å². The Hall–Kier alpha value is -0.860. The molecule has 1 heterocycles. The van der Waals surface area contributed by atoms with Gasteiger partial charge in [-0.1, -0.05) is 37.6 Å². The highest BCUT2D eigenvalue weighted by Crippen LogP contribution is 2.16. The fraction of sp³-hybridized carbons (Fsp3) is 0.538. The molecule has 2 nitrogen and oxygen atoms in total. The SMILES string of the molecule is CCCc1ccc(C2CNCC[N]2)cc1. The summed E-state index contributed by atoms with van der Waals surface area (Å²) in [4.78, 5) is 0. The second kappa shape index (κ2) is 5.29. The van der Waals surface area contributed by atoms with Crippen LogP contribution in [0.3, 0.4) is 0 Å². The van der Waals surface area contributed by atoms with Crippen molar-refractivity contribution in [3.63, 3.8) is 0 Å². The minimum Gasteiger partial charge on any atom is -0.313 e. The maximum atomic E-state index is 4.61. The highest BCUT2D eigenvalue weighted by Gasteiger charge is 2.14. The van der Waals surface area contributed by atoms with Crippen molar-refractivity contribution in [2.45, 2.75) is 25.8 Å². The van der Waals surface area contributed by atoms with Crippen LogP contribution in [-0.4, -0.2) is 19.6 Å². The number of hydrogen-bond donors (Lipinski definition) is 1. The van der Waals surface area contributed by atoms with Crippen molar-refractivity contribution >= 4 is 0 Å². The number of aryl methyl sites for hydroxylation is 1. The van der Waals surface area contributed by atoms with E-state index >= 15 is 0 Å². The van der Waals surface area contributed by atoms with Crippen molar-refractivity contribution in [2.24, 2.45) is 0 Å². The van der Waals surface area contributed by atoms with E-state index in [1.165, 1.54) is 24.0 Å². The van der Waals surface area contributed by atoms with Gasteiger partial charge in [0.25, 0.3) is 0 Å². The van der Waals surface area contributed by atoms with Gasteiger partial charge in [-0.2, -0.15) is 0 Å².